The Morgan fingerprint density at radius 1 is 1.16 bits per heavy atom. The number of rotatable bonds is 3. The number of nitrogens with zero attached hydrogens (tertiary/aromatic N) is 1. The Morgan fingerprint density at radius 3 is 2.47 bits per heavy atom. The Hall–Kier alpha value is -0.120. The van der Waals surface area contributed by atoms with Gasteiger partial charge in [0.2, 0.25) is 0 Å². The molecule has 2 atom stereocenters. The van der Waals surface area contributed by atoms with Crippen molar-refractivity contribution in [1.29, 1.82) is 0 Å². The summed E-state index contributed by atoms with van der Waals surface area (Å²) in [5, 5.41) is 3.76. The summed E-state index contributed by atoms with van der Waals surface area (Å²) < 4.78 is 6.19. The number of ether oxygens (including phenoxy) is 1. The van der Waals surface area contributed by atoms with E-state index in [0.29, 0.717) is 6.10 Å². The van der Waals surface area contributed by atoms with Gasteiger partial charge in [-0.25, -0.2) is 0 Å². The normalized spacial score (nSPS) is 38.5. The Balaban J connectivity index is 1.60. The van der Waals surface area contributed by atoms with Gasteiger partial charge < -0.3 is 10.1 Å². The van der Waals surface area contributed by atoms with Crippen molar-refractivity contribution in [3.05, 3.63) is 0 Å². The van der Waals surface area contributed by atoms with E-state index in [1.165, 1.54) is 32.2 Å². The van der Waals surface area contributed by atoms with E-state index in [2.05, 4.69) is 37.9 Å². The molecule has 3 aliphatic rings. The lowest BCUT2D eigenvalue weighted by Crippen LogP contribution is -2.63. The third-order valence-corrected chi connectivity index (χ3v) is 5.24. The zero-order valence-corrected chi connectivity index (χ0v) is 13.0. The summed E-state index contributed by atoms with van der Waals surface area (Å²) in [7, 11) is 0. The van der Waals surface area contributed by atoms with Crippen LogP contribution >= 0.6 is 0 Å². The van der Waals surface area contributed by atoms with Gasteiger partial charge in [-0.3, -0.25) is 4.90 Å². The molecule has 1 saturated carbocycles. The van der Waals surface area contributed by atoms with Gasteiger partial charge in [-0.1, -0.05) is 0 Å². The number of nitrogens with one attached hydrogen (secondary N) is 1. The van der Waals surface area contributed by atoms with E-state index < -0.39 is 0 Å². The van der Waals surface area contributed by atoms with Crippen molar-refractivity contribution in [3.8, 4) is 0 Å². The Kier molecular flexibility index (Phi) is 3.43. The highest BCUT2D eigenvalue weighted by Crippen LogP contribution is 2.36. The van der Waals surface area contributed by atoms with Crippen LogP contribution in [0.25, 0.3) is 0 Å². The van der Waals surface area contributed by atoms with Gasteiger partial charge in [-0.15, -0.1) is 0 Å². The van der Waals surface area contributed by atoms with E-state index in [1.54, 1.807) is 0 Å². The monoisotopic (exact) mass is 266 g/mol. The predicted molar refractivity (Wildman–Crippen MR) is 78.4 cm³/mol. The minimum absolute atomic E-state index is 0.0960. The van der Waals surface area contributed by atoms with E-state index in [0.717, 1.165) is 25.0 Å². The van der Waals surface area contributed by atoms with Gasteiger partial charge in [-0.05, 0) is 59.3 Å². The molecule has 0 radical (unpaired) electrons. The van der Waals surface area contributed by atoms with E-state index in [-0.39, 0.29) is 11.1 Å². The molecular formula is C16H30N2O. The van der Waals surface area contributed by atoms with Gasteiger partial charge in [0.15, 0.2) is 0 Å². The zero-order chi connectivity index (χ0) is 13.7. The van der Waals surface area contributed by atoms with Crippen LogP contribution in [0.2, 0.25) is 0 Å². The molecule has 2 saturated heterocycles. The predicted octanol–water partition coefficient (Wildman–Crippen LogP) is 2.41. The molecule has 2 unspecified atom stereocenters. The molecule has 110 valence electrons. The van der Waals surface area contributed by atoms with Gasteiger partial charge >= 0.3 is 0 Å². The van der Waals surface area contributed by atoms with Crippen LogP contribution < -0.4 is 5.32 Å². The maximum Gasteiger partial charge on any atom is 0.0710 e. The molecule has 0 aromatic heterocycles. The van der Waals surface area contributed by atoms with E-state index in [1.807, 2.05) is 0 Å². The van der Waals surface area contributed by atoms with Gasteiger partial charge in [0.05, 0.1) is 11.7 Å². The van der Waals surface area contributed by atoms with Crippen LogP contribution in [0.3, 0.4) is 0 Å². The van der Waals surface area contributed by atoms with Crippen LogP contribution in [0.4, 0.5) is 0 Å². The van der Waals surface area contributed by atoms with Crippen LogP contribution in [0, 0.1) is 5.92 Å². The molecule has 0 amide bonds. The van der Waals surface area contributed by atoms with Crippen molar-refractivity contribution in [3.63, 3.8) is 0 Å². The average molecular weight is 266 g/mol. The quantitative estimate of drug-likeness (QED) is 0.849. The van der Waals surface area contributed by atoms with Gasteiger partial charge in [-0.2, -0.15) is 0 Å². The van der Waals surface area contributed by atoms with E-state index in [4.69, 9.17) is 4.74 Å². The fourth-order valence-corrected chi connectivity index (χ4v) is 3.63. The number of hydrogen-bond donors (Lipinski definition) is 1. The van der Waals surface area contributed by atoms with Crippen molar-refractivity contribution in [2.75, 3.05) is 19.6 Å². The highest BCUT2D eigenvalue weighted by atomic mass is 16.5. The summed E-state index contributed by atoms with van der Waals surface area (Å²) in [4.78, 5) is 2.68. The molecule has 19 heavy (non-hydrogen) atoms. The summed E-state index contributed by atoms with van der Waals surface area (Å²) in [6.07, 6.45) is 5.72. The second-order valence-corrected chi connectivity index (χ2v) is 8.08. The highest BCUT2D eigenvalue weighted by Gasteiger charge is 2.42. The second kappa shape index (κ2) is 4.71. The molecule has 2 aliphatic heterocycles. The molecule has 1 aliphatic carbocycles. The summed E-state index contributed by atoms with van der Waals surface area (Å²) in [5.74, 6) is 0.944. The molecule has 0 bridgehead atoms. The Labute approximate surface area is 118 Å². The van der Waals surface area contributed by atoms with E-state index >= 15 is 0 Å². The van der Waals surface area contributed by atoms with Crippen LogP contribution in [0.15, 0.2) is 0 Å². The standard InChI is InChI=1S/C16H30N2O/c1-15(2)11-17-14(12-5-6-12)10-18(15)9-13-7-8-16(3,4)19-13/h12-14,17H,5-11H2,1-4H3. The van der Waals surface area contributed by atoms with Crippen molar-refractivity contribution >= 4 is 0 Å². The summed E-state index contributed by atoms with van der Waals surface area (Å²) >= 11 is 0. The number of piperazine rings is 1. The molecule has 3 fully saturated rings. The first-order valence-electron chi connectivity index (χ1n) is 8.02. The number of hydrogen-bond acceptors (Lipinski definition) is 3. The lowest BCUT2D eigenvalue weighted by atomic mass is 9.95. The first-order chi connectivity index (χ1) is 8.86. The summed E-state index contributed by atoms with van der Waals surface area (Å²) in [6.45, 7) is 12.6. The van der Waals surface area contributed by atoms with Gasteiger partial charge in [0.25, 0.3) is 0 Å². The molecular weight excluding hydrogens is 236 g/mol. The average Bonchev–Trinajstić information content (AvgIpc) is 3.08. The molecule has 2 heterocycles. The molecule has 0 spiro atoms. The smallest absolute Gasteiger partial charge is 0.0710 e. The topological polar surface area (TPSA) is 24.5 Å². The lowest BCUT2D eigenvalue weighted by molar-refractivity contribution is -0.0503. The van der Waals surface area contributed by atoms with Crippen LogP contribution in [-0.4, -0.2) is 47.8 Å². The van der Waals surface area contributed by atoms with Crippen LogP contribution in [0.5, 0.6) is 0 Å². The molecule has 3 rings (SSSR count). The van der Waals surface area contributed by atoms with Crippen LogP contribution in [0.1, 0.15) is 53.4 Å². The fraction of sp³-hybridized carbons (Fsp3) is 1.00. The largest absolute Gasteiger partial charge is 0.371 e. The minimum Gasteiger partial charge on any atom is -0.371 e. The third-order valence-electron chi connectivity index (χ3n) is 5.24. The van der Waals surface area contributed by atoms with E-state index in [9.17, 15) is 0 Å². The molecule has 3 nitrogen and oxygen atoms in total. The maximum atomic E-state index is 6.19. The van der Waals surface area contributed by atoms with Gasteiger partial charge in [0, 0.05) is 31.2 Å². The van der Waals surface area contributed by atoms with Crippen molar-refractivity contribution in [2.24, 2.45) is 5.92 Å². The summed E-state index contributed by atoms with van der Waals surface area (Å²) in [5.41, 5.74) is 0.361. The molecule has 1 N–H and O–H groups in total. The molecule has 3 heteroatoms. The first kappa shape index (κ1) is 13.8. The molecule has 0 aromatic rings. The second-order valence-electron chi connectivity index (χ2n) is 8.08. The fourth-order valence-electron chi connectivity index (χ4n) is 3.63. The Morgan fingerprint density at radius 2 is 1.89 bits per heavy atom. The van der Waals surface area contributed by atoms with Gasteiger partial charge in [0.1, 0.15) is 0 Å². The Bertz CT molecular complexity index is 336. The highest BCUT2D eigenvalue weighted by molar-refractivity contribution is 4.99. The zero-order valence-electron chi connectivity index (χ0n) is 13.0. The van der Waals surface area contributed by atoms with Crippen molar-refractivity contribution < 1.29 is 4.74 Å². The first-order valence-corrected chi connectivity index (χ1v) is 8.02. The summed E-state index contributed by atoms with van der Waals surface area (Å²) in [6, 6.07) is 0.724. The molecule has 0 aromatic carbocycles. The maximum absolute atomic E-state index is 6.19. The lowest BCUT2D eigenvalue weighted by Gasteiger charge is -2.47. The van der Waals surface area contributed by atoms with Crippen molar-refractivity contribution in [2.45, 2.75) is 76.7 Å². The van der Waals surface area contributed by atoms with Crippen LogP contribution in [-0.2, 0) is 4.74 Å². The van der Waals surface area contributed by atoms with Crippen molar-refractivity contribution in [1.82, 2.24) is 10.2 Å². The SMILES string of the molecule is CC1(C)CCC(CN2CC(C3CC3)NCC2(C)C)O1. The minimum atomic E-state index is 0.0960. The third kappa shape index (κ3) is 3.14.